The van der Waals surface area contributed by atoms with Gasteiger partial charge in [-0.25, -0.2) is 13.8 Å². The van der Waals surface area contributed by atoms with E-state index in [-0.39, 0.29) is 24.1 Å². The van der Waals surface area contributed by atoms with Crippen molar-refractivity contribution in [2.75, 3.05) is 5.32 Å². The van der Waals surface area contributed by atoms with Crippen LogP contribution in [0.3, 0.4) is 0 Å². The van der Waals surface area contributed by atoms with E-state index in [0.717, 1.165) is 0 Å². The van der Waals surface area contributed by atoms with Crippen molar-refractivity contribution in [1.29, 1.82) is 0 Å². The quantitative estimate of drug-likeness (QED) is 0.726. The Bertz CT molecular complexity index is 877. The normalized spacial score (nSPS) is 10.5. The Hall–Kier alpha value is -2.80. The van der Waals surface area contributed by atoms with Crippen LogP contribution >= 0.6 is 11.3 Å². The van der Waals surface area contributed by atoms with Crippen molar-refractivity contribution in [3.63, 3.8) is 0 Å². The lowest BCUT2D eigenvalue weighted by Crippen LogP contribution is -2.11. The number of anilines is 1. The third kappa shape index (κ3) is 4.39. The monoisotopic (exact) mass is 360 g/mol. The van der Waals surface area contributed by atoms with Crippen LogP contribution in [0.15, 0.2) is 48.5 Å². The van der Waals surface area contributed by atoms with Gasteiger partial charge in [0.25, 0.3) is 5.91 Å². The lowest BCUT2D eigenvalue weighted by molar-refractivity contribution is 0.103. The summed E-state index contributed by atoms with van der Waals surface area (Å²) in [5.74, 6) is -0.495. The summed E-state index contributed by atoms with van der Waals surface area (Å²) in [7, 11) is 0. The van der Waals surface area contributed by atoms with E-state index < -0.39 is 0 Å². The van der Waals surface area contributed by atoms with E-state index in [1.54, 1.807) is 6.92 Å². The minimum atomic E-state index is -0.368. The predicted octanol–water partition coefficient (Wildman–Crippen LogP) is 4.56. The minimum Gasteiger partial charge on any atom is -0.486 e. The summed E-state index contributed by atoms with van der Waals surface area (Å²) in [6, 6.07) is 11.2. The van der Waals surface area contributed by atoms with Crippen LogP contribution in [-0.2, 0) is 6.61 Å². The maximum absolute atomic E-state index is 12.9. The maximum atomic E-state index is 12.9. The summed E-state index contributed by atoms with van der Waals surface area (Å²) in [5, 5.41) is 3.33. The Morgan fingerprint density at radius 2 is 1.68 bits per heavy atom. The van der Waals surface area contributed by atoms with Crippen LogP contribution < -0.4 is 10.1 Å². The lowest BCUT2D eigenvalue weighted by Gasteiger charge is -2.04. The van der Waals surface area contributed by atoms with E-state index in [4.69, 9.17) is 4.74 Å². The Balaban J connectivity index is 1.65. The van der Waals surface area contributed by atoms with Crippen LogP contribution in [-0.4, -0.2) is 10.9 Å². The third-order valence-electron chi connectivity index (χ3n) is 3.33. The van der Waals surface area contributed by atoms with Gasteiger partial charge in [-0.1, -0.05) is 0 Å². The van der Waals surface area contributed by atoms with Crippen molar-refractivity contribution in [3.05, 3.63) is 75.7 Å². The smallest absolute Gasteiger partial charge is 0.267 e. The van der Waals surface area contributed by atoms with Crippen LogP contribution in [0.2, 0.25) is 0 Å². The van der Waals surface area contributed by atoms with E-state index in [1.807, 2.05) is 0 Å². The maximum Gasteiger partial charge on any atom is 0.267 e. The fourth-order valence-corrected chi connectivity index (χ4v) is 2.99. The van der Waals surface area contributed by atoms with Gasteiger partial charge in [0.15, 0.2) is 0 Å². The molecule has 0 saturated heterocycles. The second kappa shape index (κ2) is 7.40. The number of ether oxygens (including phenoxy) is 1. The molecule has 0 radical (unpaired) electrons. The number of rotatable bonds is 5. The molecule has 25 heavy (non-hydrogen) atoms. The van der Waals surface area contributed by atoms with Crippen molar-refractivity contribution in [1.82, 2.24) is 4.98 Å². The summed E-state index contributed by atoms with van der Waals surface area (Å²) < 4.78 is 31.3. The zero-order valence-corrected chi connectivity index (χ0v) is 14.1. The number of nitrogens with one attached hydrogen (secondary N) is 1. The Labute approximate surface area is 147 Å². The zero-order chi connectivity index (χ0) is 17.8. The van der Waals surface area contributed by atoms with Gasteiger partial charge in [0, 0.05) is 5.69 Å². The number of thiazole rings is 1. The summed E-state index contributed by atoms with van der Waals surface area (Å²) in [4.78, 5) is 17.1. The highest BCUT2D eigenvalue weighted by Gasteiger charge is 2.16. The molecule has 1 heterocycles. The van der Waals surface area contributed by atoms with Gasteiger partial charge < -0.3 is 10.1 Å². The van der Waals surface area contributed by atoms with Crippen LogP contribution in [0.1, 0.15) is 20.4 Å². The molecule has 3 aromatic rings. The van der Waals surface area contributed by atoms with Crippen LogP contribution in [0.25, 0.3) is 0 Å². The summed E-state index contributed by atoms with van der Waals surface area (Å²) in [5.41, 5.74) is 1.09. The molecule has 0 saturated carbocycles. The molecule has 1 N–H and O–H groups in total. The van der Waals surface area contributed by atoms with Crippen LogP contribution in [0, 0.1) is 18.6 Å². The van der Waals surface area contributed by atoms with Crippen molar-refractivity contribution in [3.8, 4) is 5.75 Å². The summed E-state index contributed by atoms with van der Waals surface area (Å²) >= 11 is 1.22. The number of nitrogens with zero attached hydrogens (tertiary/aromatic N) is 1. The van der Waals surface area contributed by atoms with E-state index in [9.17, 15) is 13.6 Å². The van der Waals surface area contributed by atoms with Gasteiger partial charge in [-0.05, 0) is 55.5 Å². The molecule has 3 rings (SSSR count). The predicted molar refractivity (Wildman–Crippen MR) is 91.9 cm³/mol. The largest absolute Gasteiger partial charge is 0.486 e. The van der Waals surface area contributed by atoms with Crippen LogP contribution in [0.4, 0.5) is 14.5 Å². The molecule has 0 unspecified atom stereocenters. The van der Waals surface area contributed by atoms with Gasteiger partial charge in [0.2, 0.25) is 0 Å². The molecule has 0 bridgehead atoms. The lowest BCUT2D eigenvalue weighted by atomic mass is 10.3. The van der Waals surface area contributed by atoms with Gasteiger partial charge in [-0.15, -0.1) is 11.3 Å². The fourth-order valence-electron chi connectivity index (χ4n) is 2.12. The SMILES string of the molecule is Cc1nc(COc2ccc(F)cc2)sc1C(=O)Nc1ccc(F)cc1. The van der Waals surface area contributed by atoms with E-state index in [2.05, 4.69) is 10.3 Å². The van der Waals surface area contributed by atoms with Gasteiger partial charge in [0.05, 0.1) is 5.69 Å². The molecule has 0 fully saturated rings. The van der Waals surface area contributed by atoms with Crippen molar-refractivity contribution in [2.45, 2.75) is 13.5 Å². The average Bonchev–Trinajstić information content (AvgIpc) is 2.97. The summed E-state index contributed by atoms with van der Waals surface area (Å²) in [6.45, 7) is 1.92. The highest BCUT2D eigenvalue weighted by molar-refractivity contribution is 7.13. The van der Waals surface area contributed by atoms with Gasteiger partial charge in [-0.2, -0.15) is 0 Å². The minimum absolute atomic E-state index is 0.182. The summed E-state index contributed by atoms with van der Waals surface area (Å²) in [6.07, 6.45) is 0. The number of carbonyl (C=O) groups excluding carboxylic acids is 1. The molecule has 4 nitrogen and oxygen atoms in total. The molecular formula is C18H14F2N2O2S. The number of amides is 1. The highest BCUT2D eigenvalue weighted by Crippen LogP contribution is 2.22. The van der Waals surface area contributed by atoms with Crippen molar-refractivity contribution < 1.29 is 18.3 Å². The topological polar surface area (TPSA) is 51.2 Å². The van der Waals surface area contributed by atoms with E-state index in [0.29, 0.717) is 27.0 Å². The molecule has 0 aliphatic rings. The molecular weight excluding hydrogens is 346 g/mol. The highest BCUT2D eigenvalue weighted by atomic mass is 32.1. The number of carbonyl (C=O) groups is 1. The first-order valence-electron chi connectivity index (χ1n) is 7.43. The second-order valence-corrected chi connectivity index (χ2v) is 6.31. The number of hydrogen-bond acceptors (Lipinski definition) is 4. The van der Waals surface area contributed by atoms with Gasteiger partial charge in [0.1, 0.15) is 33.9 Å². The fraction of sp³-hybridized carbons (Fsp3) is 0.111. The van der Waals surface area contributed by atoms with E-state index in [1.165, 1.54) is 59.9 Å². The Morgan fingerprint density at radius 1 is 1.08 bits per heavy atom. The standard InChI is InChI=1S/C18H14F2N2O2S/c1-11-17(18(23)22-14-6-2-12(19)3-7-14)25-16(21-11)10-24-15-8-4-13(20)5-9-15/h2-9H,10H2,1H3,(H,22,23). The first kappa shape index (κ1) is 17.0. The van der Waals surface area contributed by atoms with Gasteiger partial charge in [-0.3, -0.25) is 4.79 Å². The Kier molecular flexibility index (Phi) is 5.04. The number of hydrogen-bond donors (Lipinski definition) is 1. The number of halogens is 2. The third-order valence-corrected chi connectivity index (χ3v) is 4.45. The molecule has 0 atom stereocenters. The van der Waals surface area contributed by atoms with E-state index >= 15 is 0 Å². The number of aryl methyl sites for hydroxylation is 1. The molecule has 2 aromatic carbocycles. The average molecular weight is 360 g/mol. The van der Waals surface area contributed by atoms with Crippen LogP contribution in [0.5, 0.6) is 5.75 Å². The molecule has 0 aliphatic carbocycles. The first-order valence-corrected chi connectivity index (χ1v) is 8.24. The molecule has 0 aliphatic heterocycles. The molecule has 7 heteroatoms. The van der Waals surface area contributed by atoms with Gasteiger partial charge >= 0.3 is 0 Å². The zero-order valence-electron chi connectivity index (χ0n) is 13.3. The number of aromatic nitrogens is 1. The Morgan fingerprint density at radius 3 is 2.32 bits per heavy atom. The van der Waals surface area contributed by atoms with Crippen molar-refractivity contribution in [2.24, 2.45) is 0 Å². The molecule has 128 valence electrons. The van der Waals surface area contributed by atoms with Crippen molar-refractivity contribution >= 4 is 22.9 Å². The first-order chi connectivity index (χ1) is 12.0. The molecule has 0 spiro atoms. The molecule has 1 aromatic heterocycles. The molecule has 1 amide bonds. The second-order valence-electron chi connectivity index (χ2n) is 5.23. The number of benzene rings is 2.